The molecule has 2 aromatic carbocycles. The number of aromatic amines is 1. The van der Waals surface area contributed by atoms with Crippen molar-refractivity contribution in [2.24, 2.45) is 0 Å². The number of aryl methyl sites for hydroxylation is 2. The third-order valence-corrected chi connectivity index (χ3v) is 7.81. The van der Waals surface area contributed by atoms with Crippen molar-refractivity contribution in [1.82, 2.24) is 15.2 Å². The maximum Gasteiger partial charge on any atom is 0.253 e. The Morgan fingerprint density at radius 2 is 1.89 bits per heavy atom. The average Bonchev–Trinajstić information content (AvgIpc) is 2.87. The van der Waals surface area contributed by atoms with Crippen molar-refractivity contribution in [2.75, 3.05) is 18.0 Å². The molecule has 0 saturated carbocycles. The largest absolute Gasteiger partial charge is 0.368 e. The topological polar surface area (TPSA) is 68.4 Å². The summed E-state index contributed by atoms with van der Waals surface area (Å²) in [6.45, 7) is 12.6. The summed E-state index contributed by atoms with van der Waals surface area (Å²) in [4.78, 5) is 33.1. The highest BCUT2D eigenvalue weighted by atomic mass is 19.1. The van der Waals surface area contributed by atoms with Crippen LogP contribution in [0.2, 0.25) is 0 Å². The molecule has 7 heteroatoms. The van der Waals surface area contributed by atoms with Gasteiger partial charge in [-0.25, -0.2) is 4.39 Å². The second kappa shape index (κ2) is 11.9. The monoisotopic (exact) mass is 518 g/mol. The van der Waals surface area contributed by atoms with E-state index < -0.39 is 5.82 Å². The van der Waals surface area contributed by atoms with Crippen molar-refractivity contribution in [3.63, 3.8) is 0 Å². The molecule has 1 aliphatic rings. The van der Waals surface area contributed by atoms with Gasteiger partial charge in [-0.15, -0.1) is 0 Å². The Kier molecular flexibility index (Phi) is 8.67. The fraction of sp³-hybridized carbons (Fsp3) is 0.419. The summed E-state index contributed by atoms with van der Waals surface area (Å²) >= 11 is 0. The molecule has 0 radical (unpaired) electrons. The molecule has 6 nitrogen and oxygen atoms in total. The van der Waals surface area contributed by atoms with Crippen molar-refractivity contribution in [2.45, 2.75) is 72.6 Å². The van der Waals surface area contributed by atoms with Crippen molar-refractivity contribution in [3.05, 3.63) is 98.2 Å². The number of nitrogens with zero attached hydrogens (tertiary/aromatic N) is 2. The minimum absolute atomic E-state index is 0.0838. The number of likely N-dealkylation sites (tertiary alicyclic amines) is 1. The van der Waals surface area contributed by atoms with Gasteiger partial charge in [0.1, 0.15) is 5.82 Å². The lowest BCUT2D eigenvalue weighted by Crippen LogP contribution is -2.49. The molecule has 2 unspecified atom stereocenters. The van der Waals surface area contributed by atoms with E-state index in [4.69, 9.17) is 0 Å². The molecule has 0 aliphatic carbocycles. The van der Waals surface area contributed by atoms with E-state index in [0.717, 1.165) is 55.0 Å². The van der Waals surface area contributed by atoms with Crippen molar-refractivity contribution in [1.29, 1.82) is 0 Å². The molecule has 1 aromatic heterocycles. The summed E-state index contributed by atoms with van der Waals surface area (Å²) in [6.07, 6.45) is 1.94. The molecular formula is C31H39FN4O2. The quantitative estimate of drug-likeness (QED) is 0.428. The van der Waals surface area contributed by atoms with Crippen molar-refractivity contribution < 1.29 is 9.18 Å². The Bertz CT molecular complexity index is 1340. The van der Waals surface area contributed by atoms with Crippen molar-refractivity contribution in [3.8, 4) is 0 Å². The summed E-state index contributed by atoms with van der Waals surface area (Å²) in [5, 5.41) is 2.83. The summed E-state index contributed by atoms with van der Waals surface area (Å²) in [5.41, 5.74) is 4.99. The smallest absolute Gasteiger partial charge is 0.253 e. The van der Waals surface area contributed by atoms with Crippen LogP contribution in [0.5, 0.6) is 0 Å². The first-order chi connectivity index (χ1) is 18.2. The van der Waals surface area contributed by atoms with Gasteiger partial charge in [0.2, 0.25) is 0 Å². The highest BCUT2D eigenvalue weighted by Gasteiger charge is 2.30. The van der Waals surface area contributed by atoms with Gasteiger partial charge in [0.15, 0.2) is 0 Å². The van der Waals surface area contributed by atoms with Crippen LogP contribution in [-0.4, -0.2) is 41.0 Å². The molecule has 2 N–H and O–H groups in total. The number of halogens is 1. The third kappa shape index (κ3) is 6.16. The lowest BCUT2D eigenvalue weighted by atomic mass is 9.94. The molecule has 1 amide bonds. The molecule has 2 heterocycles. The van der Waals surface area contributed by atoms with Gasteiger partial charge in [0, 0.05) is 60.8 Å². The number of anilines is 1. The molecule has 3 aromatic rings. The van der Waals surface area contributed by atoms with E-state index in [1.807, 2.05) is 32.9 Å². The molecule has 202 valence electrons. The molecule has 38 heavy (non-hydrogen) atoms. The molecule has 1 aliphatic heterocycles. The van der Waals surface area contributed by atoms with E-state index in [1.54, 1.807) is 6.07 Å². The molecule has 2 atom stereocenters. The number of carbonyl (C=O) groups excluding carboxylic acids is 1. The molecule has 0 bridgehead atoms. The van der Waals surface area contributed by atoms with E-state index in [0.29, 0.717) is 17.2 Å². The number of piperidine rings is 1. The van der Waals surface area contributed by atoms with Gasteiger partial charge in [-0.2, -0.15) is 0 Å². The zero-order chi connectivity index (χ0) is 27.4. The Hall–Kier alpha value is -3.45. The van der Waals surface area contributed by atoms with Crippen LogP contribution < -0.4 is 15.8 Å². The third-order valence-electron chi connectivity index (χ3n) is 7.81. The lowest BCUT2D eigenvalue weighted by Gasteiger charge is -2.43. The number of carbonyl (C=O) groups is 1. The van der Waals surface area contributed by atoms with Gasteiger partial charge in [-0.1, -0.05) is 30.3 Å². The highest BCUT2D eigenvalue weighted by molar-refractivity contribution is 5.97. The van der Waals surface area contributed by atoms with Gasteiger partial charge in [0.25, 0.3) is 11.5 Å². The number of H-pyrrole nitrogens is 1. The van der Waals surface area contributed by atoms with Crippen LogP contribution in [0.25, 0.3) is 0 Å². The number of hydrogen-bond donors (Lipinski definition) is 2. The van der Waals surface area contributed by atoms with Crippen LogP contribution in [0.15, 0.2) is 53.3 Å². The van der Waals surface area contributed by atoms with E-state index in [2.05, 4.69) is 58.2 Å². The normalized spacial score (nSPS) is 17.8. The lowest BCUT2D eigenvalue weighted by molar-refractivity contribution is 0.0949. The summed E-state index contributed by atoms with van der Waals surface area (Å²) < 4.78 is 14.9. The minimum atomic E-state index is -0.437. The Morgan fingerprint density at radius 3 is 2.55 bits per heavy atom. The van der Waals surface area contributed by atoms with E-state index >= 15 is 0 Å². The van der Waals surface area contributed by atoms with Crippen LogP contribution in [0.3, 0.4) is 0 Å². The first-order valence-electron chi connectivity index (χ1n) is 13.5. The van der Waals surface area contributed by atoms with Crippen LogP contribution >= 0.6 is 0 Å². The second-order valence-electron chi connectivity index (χ2n) is 10.5. The Balaban J connectivity index is 1.50. The Morgan fingerprint density at radius 1 is 1.16 bits per heavy atom. The second-order valence-corrected chi connectivity index (χ2v) is 10.5. The van der Waals surface area contributed by atoms with Crippen LogP contribution in [-0.2, 0) is 13.1 Å². The number of amides is 1. The predicted octanol–water partition coefficient (Wildman–Crippen LogP) is 5.25. The highest BCUT2D eigenvalue weighted by Crippen LogP contribution is 2.32. The van der Waals surface area contributed by atoms with Gasteiger partial charge in [-0.3, -0.25) is 14.5 Å². The average molecular weight is 519 g/mol. The number of aromatic nitrogens is 1. The number of rotatable bonds is 8. The maximum atomic E-state index is 14.9. The molecule has 1 saturated heterocycles. The van der Waals surface area contributed by atoms with E-state index in [9.17, 15) is 14.0 Å². The van der Waals surface area contributed by atoms with Gasteiger partial charge in [0.05, 0.1) is 0 Å². The number of hydrogen-bond acceptors (Lipinski definition) is 4. The van der Waals surface area contributed by atoms with Gasteiger partial charge >= 0.3 is 0 Å². The summed E-state index contributed by atoms with van der Waals surface area (Å²) in [6, 6.07) is 15.9. The zero-order valence-corrected chi connectivity index (χ0v) is 23.1. The van der Waals surface area contributed by atoms with Crippen molar-refractivity contribution >= 4 is 11.6 Å². The standard InChI is InChI=1S/C31H39FN4O2/c1-6-36(26-12-13-35(22(4)15-26)19-24-10-8-7-9-11-24)29-17-25(32)16-27(23(29)5)30(37)33-18-28-20(2)14-21(3)34-31(28)38/h7-11,14,16-17,22,26H,6,12-13,15,18-19H2,1-5H3,(H,33,37)(H,34,38). The Labute approximate surface area is 224 Å². The van der Waals surface area contributed by atoms with Crippen LogP contribution in [0.4, 0.5) is 10.1 Å². The summed E-state index contributed by atoms with van der Waals surface area (Å²) in [5.74, 6) is -0.821. The maximum absolute atomic E-state index is 14.9. The fourth-order valence-electron chi connectivity index (χ4n) is 5.72. The SMILES string of the molecule is CCN(c1cc(F)cc(C(=O)NCc2c(C)cc(C)[nH]c2=O)c1C)C1CCN(Cc2ccccc2)C(C)C1. The van der Waals surface area contributed by atoms with Crippen LogP contribution in [0, 0.1) is 26.6 Å². The summed E-state index contributed by atoms with van der Waals surface area (Å²) in [7, 11) is 0. The number of benzene rings is 2. The zero-order valence-electron chi connectivity index (χ0n) is 23.1. The predicted molar refractivity (Wildman–Crippen MR) is 151 cm³/mol. The van der Waals surface area contributed by atoms with Gasteiger partial charge in [-0.05, 0) is 82.3 Å². The van der Waals surface area contributed by atoms with Crippen LogP contribution in [0.1, 0.15) is 65.0 Å². The minimum Gasteiger partial charge on any atom is -0.368 e. The molecule has 0 spiro atoms. The van der Waals surface area contributed by atoms with E-state index in [1.165, 1.54) is 11.6 Å². The van der Waals surface area contributed by atoms with Gasteiger partial charge < -0.3 is 15.2 Å². The molecular weight excluding hydrogens is 479 g/mol. The first-order valence-corrected chi connectivity index (χ1v) is 13.5. The first kappa shape index (κ1) is 27.6. The molecule has 4 rings (SSSR count). The number of pyridine rings is 1. The fourth-order valence-corrected chi connectivity index (χ4v) is 5.72. The number of nitrogens with one attached hydrogen (secondary N) is 2. The molecule has 1 fully saturated rings. The van der Waals surface area contributed by atoms with E-state index in [-0.39, 0.29) is 24.1 Å².